The van der Waals surface area contributed by atoms with Gasteiger partial charge in [0.25, 0.3) is 0 Å². The van der Waals surface area contributed by atoms with E-state index in [9.17, 15) is 4.79 Å². The predicted octanol–water partition coefficient (Wildman–Crippen LogP) is 1.64. The maximum atomic E-state index is 12.5. The number of likely N-dealkylation sites (N-methyl/N-ethyl adjacent to an activating group) is 1. The Kier molecular flexibility index (Phi) is 4.00. The highest BCUT2D eigenvalue weighted by Gasteiger charge is 2.46. The summed E-state index contributed by atoms with van der Waals surface area (Å²) in [5, 5.41) is 4.11. The topological polar surface area (TPSA) is 57.7 Å². The minimum Gasteiger partial charge on any atom is -0.494 e. The first-order chi connectivity index (χ1) is 12.1. The number of nitrogens with one attached hydrogen (secondary N) is 1. The number of ether oxygens (including phenoxy) is 1. The van der Waals surface area contributed by atoms with Gasteiger partial charge in [0.05, 0.1) is 7.11 Å². The highest BCUT2D eigenvalue weighted by molar-refractivity contribution is 5.88. The lowest BCUT2D eigenvalue weighted by Gasteiger charge is -2.48. The zero-order valence-electron chi connectivity index (χ0n) is 14.8. The Labute approximate surface area is 147 Å². The van der Waals surface area contributed by atoms with E-state index >= 15 is 0 Å². The second kappa shape index (κ2) is 6.19. The van der Waals surface area contributed by atoms with Gasteiger partial charge in [0.1, 0.15) is 22.6 Å². The van der Waals surface area contributed by atoms with Gasteiger partial charge in [-0.15, -0.1) is 0 Å². The molecule has 0 bridgehead atoms. The standard InChI is InChI=1S/C19H24N4O2/c1-22-13-10-20-18(24)19(22)8-11-23(12-9-19)16-7-6-14-4-3-5-15(25-2)17(14)21-16/h3-7H,8-13H2,1-2H3,(H,20,24). The Morgan fingerprint density at radius 1 is 1.16 bits per heavy atom. The number of benzene rings is 1. The normalized spacial score (nSPS) is 20.7. The molecule has 2 saturated heterocycles. The number of pyridine rings is 1. The highest BCUT2D eigenvalue weighted by atomic mass is 16.5. The van der Waals surface area contributed by atoms with Gasteiger partial charge in [-0.3, -0.25) is 9.69 Å². The number of carbonyl (C=O) groups excluding carboxylic acids is 1. The summed E-state index contributed by atoms with van der Waals surface area (Å²) in [4.78, 5) is 21.8. The molecule has 1 amide bonds. The number of rotatable bonds is 2. The first-order valence-electron chi connectivity index (χ1n) is 8.82. The quantitative estimate of drug-likeness (QED) is 0.901. The van der Waals surface area contributed by atoms with Crippen molar-refractivity contribution in [3.8, 4) is 5.75 Å². The number of piperidine rings is 1. The monoisotopic (exact) mass is 340 g/mol. The molecule has 2 aliphatic rings. The van der Waals surface area contributed by atoms with E-state index in [1.807, 2.05) is 18.2 Å². The van der Waals surface area contributed by atoms with Crippen LogP contribution in [0.25, 0.3) is 10.9 Å². The van der Waals surface area contributed by atoms with Crippen molar-refractivity contribution in [2.75, 3.05) is 45.2 Å². The van der Waals surface area contributed by atoms with Crippen LogP contribution in [-0.2, 0) is 4.79 Å². The van der Waals surface area contributed by atoms with Gasteiger partial charge in [-0.05, 0) is 38.1 Å². The van der Waals surface area contributed by atoms with E-state index in [4.69, 9.17) is 9.72 Å². The molecular weight excluding hydrogens is 316 g/mol. The van der Waals surface area contributed by atoms with Crippen LogP contribution in [0.1, 0.15) is 12.8 Å². The van der Waals surface area contributed by atoms with Gasteiger partial charge in [0, 0.05) is 31.6 Å². The molecule has 1 N–H and O–H groups in total. The van der Waals surface area contributed by atoms with Crippen LogP contribution in [0, 0.1) is 0 Å². The van der Waals surface area contributed by atoms with Gasteiger partial charge in [0.2, 0.25) is 5.91 Å². The number of para-hydroxylation sites is 1. The van der Waals surface area contributed by atoms with E-state index in [1.165, 1.54) is 0 Å². The molecule has 0 atom stereocenters. The van der Waals surface area contributed by atoms with Gasteiger partial charge in [-0.1, -0.05) is 12.1 Å². The molecule has 4 rings (SSSR count). The first kappa shape index (κ1) is 16.1. The van der Waals surface area contributed by atoms with Gasteiger partial charge in [0.15, 0.2) is 0 Å². The lowest BCUT2D eigenvalue weighted by Crippen LogP contribution is -2.66. The number of aromatic nitrogens is 1. The zero-order chi connectivity index (χ0) is 17.4. The smallest absolute Gasteiger partial charge is 0.240 e. The minimum absolute atomic E-state index is 0.175. The molecule has 3 heterocycles. The molecule has 1 aromatic carbocycles. The van der Waals surface area contributed by atoms with Crippen LogP contribution in [0.4, 0.5) is 5.82 Å². The van der Waals surface area contributed by atoms with Crippen molar-refractivity contribution in [3.05, 3.63) is 30.3 Å². The second-order valence-corrected chi connectivity index (χ2v) is 6.90. The number of piperazine rings is 1. The molecule has 1 aromatic heterocycles. The molecule has 0 unspecified atom stereocenters. The Morgan fingerprint density at radius 2 is 1.96 bits per heavy atom. The summed E-state index contributed by atoms with van der Waals surface area (Å²) in [7, 11) is 3.73. The minimum atomic E-state index is -0.358. The Bertz CT molecular complexity index is 799. The summed E-state index contributed by atoms with van der Waals surface area (Å²) >= 11 is 0. The third kappa shape index (κ3) is 2.61. The Balaban J connectivity index is 1.58. The number of hydrogen-bond donors (Lipinski definition) is 1. The molecule has 25 heavy (non-hydrogen) atoms. The molecular formula is C19H24N4O2. The predicted molar refractivity (Wildman–Crippen MR) is 98.1 cm³/mol. The zero-order valence-corrected chi connectivity index (χ0v) is 14.8. The van der Waals surface area contributed by atoms with Crippen LogP contribution in [-0.4, -0.2) is 61.7 Å². The fraction of sp³-hybridized carbons (Fsp3) is 0.474. The number of hydrogen-bond acceptors (Lipinski definition) is 5. The summed E-state index contributed by atoms with van der Waals surface area (Å²) in [5.41, 5.74) is 0.527. The molecule has 132 valence electrons. The van der Waals surface area contributed by atoms with Crippen molar-refractivity contribution < 1.29 is 9.53 Å². The van der Waals surface area contributed by atoms with Crippen molar-refractivity contribution in [2.24, 2.45) is 0 Å². The van der Waals surface area contributed by atoms with Crippen LogP contribution in [0.2, 0.25) is 0 Å². The highest BCUT2D eigenvalue weighted by Crippen LogP contribution is 2.33. The lowest BCUT2D eigenvalue weighted by molar-refractivity contribution is -0.137. The van der Waals surface area contributed by atoms with Crippen molar-refractivity contribution in [1.82, 2.24) is 15.2 Å². The molecule has 6 nitrogen and oxygen atoms in total. The fourth-order valence-corrected chi connectivity index (χ4v) is 4.05. The fourth-order valence-electron chi connectivity index (χ4n) is 4.05. The Morgan fingerprint density at radius 3 is 2.68 bits per heavy atom. The summed E-state index contributed by atoms with van der Waals surface area (Å²) in [6.07, 6.45) is 1.64. The van der Waals surface area contributed by atoms with E-state index in [0.29, 0.717) is 0 Å². The summed E-state index contributed by atoms with van der Waals surface area (Å²) in [6, 6.07) is 10.1. The van der Waals surface area contributed by atoms with Crippen LogP contribution >= 0.6 is 0 Å². The third-order valence-electron chi connectivity index (χ3n) is 5.69. The van der Waals surface area contributed by atoms with Crippen molar-refractivity contribution in [1.29, 1.82) is 0 Å². The van der Waals surface area contributed by atoms with E-state index in [2.05, 4.69) is 34.3 Å². The van der Waals surface area contributed by atoms with Crippen LogP contribution in [0.3, 0.4) is 0 Å². The van der Waals surface area contributed by atoms with Crippen LogP contribution in [0.15, 0.2) is 30.3 Å². The molecule has 0 saturated carbocycles. The van der Waals surface area contributed by atoms with Gasteiger partial charge in [-0.25, -0.2) is 4.98 Å². The number of anilines is 1. The average molecular weight is 340 g/mol. The number of amides is 1. The van der Waals surface area contributed by atoms with E-state index < -0.39 is 0 Å². The maximum absolute atomic E-state index is 12.5. The van der Waals surface area contributed by atoms with E-state index in [1.54, 1.807) is 7.11 Å². The van der Waals surface area contributed by atoms with Gasteiger partial charge in [-0.2, -0.15) is 0 Å². The summed E-state index contributed by atoms with van der Waals surface area (Å²) in [6.45, 7) is 3.31. The van der Waals surface area contributed by atoms with E-state index in [0.717, 1.165) is 61.5 Å². The summed E-state index contributed by atoms with van der Waals surface area (Å²) < 4.78 is 5.45. The third-order valence-corrected chi connectivity index (χ3v) is 5.69. The lowest BCUT2D eigenvalue weighted by atomic mass is 9.83. The second-order valence-electron chi connectivity index (χ2n) is 6.90. The van der Waals surface area contributed by atoms with Gasteiger partial charge >= 0.3 is 0 Å². The molecule has 2 aliphatic heterocycles. The molecule has 2 aromatic rings. The number of methoxy groups -OCH3 is 1. The van der Waals surface area contributed by atoms with Crippen LogP contribution < -0.4 is 15.0 Å². The molecule has 6 heteroatoms. The number of nitrogens with zero attached hydrogens (tertiary/aromatic N) is 3. The van der Waals surface area contributed by atoms with E-state index in [-0.39, 0.29) is 11.4 Å². The maximum Gasteiger partial charge on any atom is 0.240 e. The molecule has 1 spiro atoms. The largest absolute Gasteiger partial charge is 0.494 e. The number of fused-ring (bicyclic) bond motifs is 1. The first-order valence-corrected chi connectivity index (χ1v) is 8.82. The molecule has 0 radical (unpaired) electrons. The van der Waals surface area contributed by atoms with Gasteiger partial charge < -0.3 is 15.0 Å². The van der Waals surface area contributed by atoms with Crippen molar-refractivity contribution in [2.45, 2.75) is 18.4 Å². The Hall–Kier alpha value is -2.34. The van der Waals surface area contributed by atoms with Crippen molar-refractivity contribution >= 4 is 22.6 Å². The SMILES string of the molecule is COc1cccc2ccc(N3CCC4(CC3)C(=O)NCCN4C)nc12. The number of carbonyl (C=O) groups is 1. The molecule has 0 aliphatic carbocycles. The van der Waals surface area contributed by atoms with Crippen molar-refractivity contribution in [3.63, 3.8) is 0 Å². The summed E-state index contributed by atoms with van der Waals surface area (Å²) in [5.74, 6) is 1.92. The molecule has 2 fully saturated rings. The van der Waals surface area contributed by atoms with Crippen LogP contribution in [0.5, 0.6) is 5.75 Å². The average Bonchev–Trinajstić information content (AvgIpc) is 2.66.